The molecule has 0 fully saturated rings. The Morgan fingerprint density at radius 3 is 2.71 bits per heavy atom. The third-order valence-electron chi connectivity index (χ3n) is 2.33. The summed E-state index contributed by atoms with van der Waals surface area (Å²) in [5, 5.41) is 0.757. The molecule has 2 rings (SSSR count). The first-order chi connectivity index (χ1) is 8.18. The molecule has 2 N–H and O–H groups in total. The Balaban J connectivity index is 2.34. The molecule has 2 nitrogen and oxygen atoms in total. The van der Waals surface area contributed by atoms with E-state index in [1.54, 1.807) is 24.4 Å². The molecule has 17 heavy (non-hydrogen) atoms. The summed E-state index contributed by atoms with van der Waals surface area (Å²) >= 11 is 1.30. The van der Waals surface area contributed by atoms with Crippen LogP contribution in [-0.4, -0.2) is 4.98 Å². The van der Waals surface area contributed by atoms with Gasteiger partial charge in [0.05, 0.1) is 0 Å². The van der Waals surface area contributed by atoms with Crippen molar-refractivity contribution in [3.63, 3.8) is 0 Å². The molecule has 1 aromatic carbocycles. The van der Waals surface area contributed by atoms with E-state index in [1.807, 2.05) is 19.1 Å². The Morgan fingerprint density at radius 1 is 1.24 bits per heavy atom. The summed E-state index contributed by atoms with van der Waals surface area (Å²) < 4.78 is 13.5. The van der Waals surface area contributed by atoms with Crippen LogP contribution in [0.3, 0.4) is 0 Å². The van der Waals surface area contributed by atoms with Crippen LogP contribution < -0.4 is 5.73 Å². The maximum atomic E-state index is 13.5. The lowest BCUT2D eigenvalue weighted by atomic mass is 10.2. The van der Waals surface area contributed by atoms with Crippen LogP contribution in [0.5, 0.6) is 0 Å². The zero-order valence-electron chi connectivity index (χ0n) is 9.43. The number of nitrogens with two attached hydrogens (primary N) is 1. The summed E-state index contributed by atoms with van der Waals surface area (Å²) in [7, 11) is 0. The second kappa shape index (κ2) is 5.29. The second-order valence-corrected chi connectivity index (χ2v) is 4.75. The third kappa shape index (κ3) is 2.84. The number of halogens is 1. The van der Waals surface area contributed by atoms with Crippen molar-refractivity contribution in [2.24, 2.45) is 5.73 Å². The molecule has 1 atom stereocenters. The third-order valence-corrected chi connectivity index (χ3v) is 3.42. The Hall–Kier alpha value is -1.39. The summed E-state index contributed by atoms with van der Waals surface area (Å²) in [6.45, 7) is 1.89. The monoisotopic (exact) mass is 248 g/mol. The summed E-state index contributed by atoms with van der Waals surface area (Å²) in [6, 6.07) is 10.3. The predicted octanol–water partition coefficient (Wildman–Crippen LogP) is 3.39. The fraction of sp³-hybridized carbons (Fsp3) is 0.154. The number of hydrogen-bond acceptors (Lipinski definition) is 3. The van der Waals surface area contributed by atoms with Gasteiger partial charge in [-0.05, 0) is 25.1 Å². The van der Waals surface area contributed by atoms with Gasteiger partial charge in [0.15, 0.2) is 0 Å². The SMILES string of the molecule is CC(N)c1cccnc1Sc1ccccc1F. The molecule has 0 aliphatic carbocycles. The molecule has 1 aromatic heterocycles. The quantitative estimate of drug-likeness (QED) is 0.905. The van der Waals surface area contributed by atoms with Crippen LogP contribution in [0, 0.1) is 5.82 Å². The minimum Gasteiger partial charge on any atom is -0.324 e. The second-order valence-electron chi connectivity index (χ2n) is 3.72. The lowest BCUT2D eigenvalue weighted by Crippen LogP contribution is -2.07. The van der Waals surface area contributed by atoms with Crippen LogP contribution >= 0.6 is 11.8 Å². The molecule has 0 aliphatic rings. The van der Waals surface area contributed by atoms with Gasteiger partial charge in [-0.15, -0.1) is 0 Å². The number of pyridine rings is 1. The van der Waals surface area contributed by atoms with Crippen LogP contribution in [0.1, 0.15) is 18.5 Å². The number of benzene rings is 1. The first-order valence-corrected chi connectivity index (χ1v) is 6.13. The topological polar surface area (TPSA) is 38.9 Å². The Bertz CT molecular complexity index is 514. The number of rotatable bonds is 3. The van der Waals surface area contributed by atoms with E-state index in [-0.39, 0.29) is 11.9 Å². The van der Waals surface area contributed by atoms with Crippen molar-refractivity contribution in [2.45, 2.75) is 22.9 Å². The molecule has 0 amide bonds. The van der Waals surface area contributed by atoms with E-state index in [0.29, 0.717) is 4.90 Å². The van der Waals surface area contributed by atoms with Gasteiger partial charge >= 0.3 is 0 Å². The van der Waals surface area contributed by atoms with Crippen molar-refractivity contribution < 1.29 is 4.39 Å². The minimum absolute atomic E-state index is 0.113. The Kier molecular flexibility index (Phi) is 3.76. The Morgan fingerprint density at radius 2 is 2.00 bits per heavy atom. The fourth-order valence-corrected chi connectivity index (χ4v) is 2.47. The molecule has 0 aliphatic heterocycles. The van der Waals surface area contributed by atoms with E-state index < -0.39 is 0 Å². The van der Waals surface area contributed by atoms with Crippen LogP contribution in [0.4, 0.5) is 4.39 Å². The van der Waals surface area contributed by atoms with Gasteiger partial charge in [0.25, 0.3) is 0 Å². The van der Waals surface area contributed by atoms with Gasteiger partial charge in [-0.25, -0.2) is 9.37 Å². The van der Waals surface area contributed by atoms with Crippen LogP contribution in [0.15, 0.2) is 52.5 Å². The largest absolute Gasteiger partial charge is 0.324 e. The van der Waals surface area contributed by atoms with Crippen molar-refractivity contribution in [2.75, 3.05) is 0 Å². The molecule has 0 bridgehead atoms. The first-order valence-electron chi connectivity index (χ1n) is 5.31. The Labute approximate surface area is 104 Å². The van der Waals surface area contributed by atoms with Gasteiger partial charge in [0.1, 0.15) is 10.8 Å². The zero-order valence-corrected chi connectivity index (χ0v) is 10.2. The van der Waals surface area contributed by atoms with Gasteiger partial charge in [-0.3, -0.25) is 0 Å². The first kappa shape index (κ1) is 12.1. The average Bonchev–Trinajstić information content (AvgIpc) is 2.32. The van der Waals surface area contributed by atoms with Crippen LogP contribution in [0.25, 0.3) is 0 Å². The molecule has 88 valence electrons. The van der Waals surface area contributed by atoms with E-state index in [2.05, 4.69) is 4.98 Å². The van der Waals surface area contributed by atoms with Crippen LogP contribution in [-0.2, 0) is 0 Å². The normalized spacial score (nSPS) is 12.4. The number of hydrogen-bond donors (Lipinski definition) is 1. The highest BCUT2D eigenvalue weighted by molar-refractivity contribution is 7.99. The highest BCUT2D eigenvalue weighted by Crippen LogP contribution is 2.32. The highest BCUT2D eigenvalue weighted by atomic mass is 32.2. The van der Waals surface area contributed by atoms with Crippen molar-refractivity contribution in [3.05, 3.63) is 54.0 Å². The van der Waals surface area contributed by atoms with Crippen molar-refractivity contribution >= 4 is 11.8 Å². The van der Waals surface area contributed by atoms with Gasteiger partial charge in [-0.1, -0.05) is 30.0 Å². The van der Waals surface area contributed by atoms with Gasteiger partial charge < -0.3 is 5.73 Å². The summed E-state index contributed by atoms with van der Waals surface area (Å²) in [5.74, 6) is -0.237. The molecule has 1 heterocycles. The highest BCUT2D eigenvalue weighted by Gasteiger charge is 2.11. The summed E-state index contributed by atoms with van der Waals surface area (Å²) in [4.78, 5) is 4.82. The molecule has 1 unspecified atom stereocenters. The van der Waals surface area contributed by atoms with E-state index in [0.717, 1.165) is 10.6 Å². The minimum atomic E-state index is -0.237. The smallest absolute Gasteiger partial charge is 0.137 e. The molecule has 0 spiro atoms. The van der Waals surface area contributed by atoms with Crippen LogP contribution in [0.2, 0.25) is 0 Å². The van der Waals surface area contributed by atoms with Crippen molar-refractivity contribution in [1.82, 2.24) is 4.98 Å². The van der Waals surface area contributed by atoms with Crippen molar-refractivity contribution in [1.29, 1.82) is 0 Å². The molecule has 2 aromatic rings. The average molecular weight is 248 g/mol. The molecular formula is C13H13FN2S. The van der Waals surface area contributed by atoms with Gasteiger partial charge in [0.2, 0.25) is 0 Å². The van der Waals surface area contributed by atoms with Gasteiger partial charge in [0, 0.05) is 22.7 Å². The van der Waals surface area contributed by atoms with E-state index >= 15 is 0 Å². The molecule has 0 radical (unpaired) electrons. The fourth-order valence-electron chi connectivity index (χ4n) is 1.47. The van der Waals surface area contributed by atoms with E-state index in [9.17, 15) is 4.39 Å². The molecule has 0 saturated carbocycles. The maximum absolute atomic E-state index is 13.5. The number of nitrogens with zero attached hydrogens (tertiary/aromatic N) is 1. The standard InChI is InChI=1S/C13H13FN2S/c1-9(15)10-5-4-8-16-13(10)17-12-7-3-2-6-11(12)14/h2-9H,15H2,1H3. The predicted molar refractivity (Wildman–Crippen MR) is 67.4 cm³/mol. The molecule has 0 saturated heterocycles. The van der Waals surface area contributed by atoms with E-state index in [1.165, 1.54) is 17.8 Å². The lowest BCUT2D eigenvalue weighted by molar-refractivity contribution is 0.601. The number of aromatic nitrogens is 1. The lowest BCUT2D eigenvalue weighted by Gasteiger charge is -2.10. The van der Waals surface area contributed by atoms with Crippen molar-refractivity contribution in [3.8, 4) is 0 Å². The summed E-state index contributed by atoms with van der Waals surface area (Å²) in [6.07, 6.45) is 1.69. The van der Waals surface area contributed by atoms with Gasteiger partial charge in [-0.2, -0.15) is 0 Å². The van der Waals surface area contributed by atoms with E-state index in [4.69, 9.17) is 5.73 Å². The molecule has 4 heteroatoms. The summed E-state index contributed by atoms with van der Waals surface area (Å²) in [5.41, 5.74) is 6.79. The zero-order chi connectivity index (χ0) is 12.3. The molecular weight excluding hydrogens is 235 g/mol. The maximum Gasteiger partial charge on any atom is 0.137 e.